The lowest BCUT2D eigenvalue weighted by atomic mass is 10.1. The van der Waals surface area contributed by atoms with Crippen molar-refractivity contribution in [3.8, 4) is 0 Å². The lowest BCUT2D eigenvalue weighted by molar-refractivity contribution is 0.474. The van der Waals surface area contributed by atoms with Crippen molar-refractivity contribution in [2.24, 2.45) is 0 Å². The first-order valence-corrected chi connectivity index (χ1v) is 6.51. The molecule has 3 nitrogen and oxygen atoms in total. The van der Waals surface area contributed by atoms with Gasteiger partial charge in [-0.3, -0.25) is 4.98 Å². The highest BCUT2D eigenvalue weighted by atomic mass is 16.3. The number of fused-ring (bicyclic) bond motifs is 1. The van der Waals surface area contributed by atoms with Crippen molar-refractivity contribution in [2.75, 3.05) is 5.32 Å². The Morgan fingerprint density at radius 2 is 2.16 bits per heavy atom. The molecule has 19 heavy (non-hydrogen) atoms. The van der Waals surface area contributed by atoms with Crippen LogP contribution in [0.4, 0.5) is 5.69 Å². The third kappa shape index (κ3) is 2.45. The average molecular weight is 252 g/mol. The maximum Gasteiger partial charge on any atom is 0.125 e. The van der Waals surface area contributed by atoms with E-state index in [1.807, 2.05) is 30.5 Å². The summed E-state index contributed by atoms with van der Waals surface area (Å²) >= 11 is 0. The molecule has 2 aromatic heterocycles. The highest BCUT2D eigenvalue weighted by Crippen LogP contribution is 2.24. The molecule has 0 aliphatic carbocycles. The highest BCUT2D eigenvalue weighted by molar-refractivity contribution is 5.82. The van der Waals surface area contributed by atoms with Gasteiger partial charge < -0.3 is 9.73 Å². The summed E-state index contributed by atoms with van der Waals surface area (Å²) in [5.74, 6) is 0.966. The van der Waals surface area contributed by atoms with Gasteiger partial charge >= 0.3 is 0 Å². The van der Waals surface area contributed by atoms with Gasteiger partial charge in [-0.2, -0.15) is 0 Å². The summed E-state index contributed by atoms with van der Waals surface area (Å²) < 4.78 is 5.47. The minimum absolute atomic E-state index is 0.198. The summed E-state index contributed by atoms with van der Waals surface area (Å²) in [6.07, 6.45) is 4.50. The molecule has 96 valence electrons. The number of furan rings is 1. The molecule has 1 atom stereocenters. The third-order valence-electron chi connectivity index (χ3n) is 3.24. The minimum Gasteiger partial charge on any atom is -0.467 e. The van der Waals surface area contributed by atoms with E-state index in [1.54, 1.807) is 6.26 Å². The highest BCUT2D eigenvalue weighted by Gasteiger charge is 2.11. The second-order valence-corrected chi connectivity index (χ2v) is 4.53. The maximum atomic E-state index is 5.47. The largest absolute Gasteiger partial charge is 0.467 e. The lowest BCUT2D eigenvalue weighted by Gasteiger charge is -2.16. The van der Waals surface area contributed by atoms with Crippen molar-refractivity contribution in [1.29, 1.82) is 0 Å². The van der Waals surface area contributed by atoms with Crippen molar-refractivity contribution in [1.82, 2.24) is 4.98 Å². The van der Waals surface area contributed by atoms with E-state index in [1.165, 1.54) is 0 Å². The molecule has 0 saturated carbocycles. The number of aromatic nitrogens is 1. The molecule has 3 rings (SSSR count). The van der Waals surface area contributed by atoms with Crippen LogP contribution in [0.15, 0.2) is 59.3 Å². The fraction of sp³-hybridized carbons (Fsp3) is 0.188. The molecule has 1 aromatic carbocycles. The third-order valence-corrected chi connectivity index (χ3v) is 3.24. The van der Waals surface area contributed by atoms with E-state index >= 15 is 0 Å². The first-order valence-electron chi connectivity index (χ1n) is 6.51. The number of benzene rings is 1. The fourth-order valence-corrected chi connectivity index (χ4v) is 2.23. The van der Waals surface area contributed by atoms with Crippen LogP contribution in [0.3, 0.4) is 0 Å². The monoisotopic (exact) mass is 252 g/mol. The van der Waals surface area contributed by atoms with Gasteiger partial charge in [-0.15, -0.1) is 0 Å². The van der Waals surface area contributed by atoms with Crippen LogP contribution in [0, 0.1) is 0 Å². The number of nitrogens with one attached hydrogen (secondary N) is 1. The van der Waals surface area contributed by atoms with E-state index in [4.69, 9.17) is 4.42 Å². The predicted molar refractivity (Wildman–Crippen MR) is 77.1 cm³/mol. The molecule has 0 amide bonds. The molecule has 0 aliphatic rings. The van der Waals surface area contributed by atoms with Gasteiger partial charge in [0.1, 0.15) is 5.76 Å². The first-order chi connectivity index (χ1) is 9.36. The topological polar surface area (TPSA) is 38.1 Å². The van der Waals surface area contributed by atoms with Crippen LogP contribution >= 0.6 is 0 Å². The molecule has 0 saturated heterocycles. The quantitative estimate of drug-likeness (QED) is 0.748. The summed E-state index contributed by atoms with van der Waals surface area (Å²) in [6, 6.07) is 14.4. The van der Waals surface area contributed by atoms with Crippen LogP contribution in [0.25, 0.3) is 10.9 Å². The predicted octanol–water partition coefficient (Wildman–Crippen LogP) is 4.39. The zero-order chi connectivity index (χ0) is 13.1. The van der Waals surface area contributed by atoms with E-state index < -0.39 is 0 Å². The second-order valence-electron chi connectivity index (χ2n) is 4.53. The van der Waals surface area contributed by atoms with Gasteiger partial charge in [0.2, 0.25) is 0 Å². The van der Waals surface area contributed by atoms with Crippen LogP contribution in [-0.4, -0.2) is 4.98 Å². The van der Waals surface area contributed by atoms with Crippen molar-refractivity contribution in [3.05, 3.63) is 60.7 Å². The Morgan fingerprint density at radius 3 is 2.95 bits per heavy atom. The van der Waals surface area contributed by atoms with Gasteiger partial charge in [0.05, 0.1) is 17.8 Å². The van der Waals surface area contributed by atoms with Crippen LogP contribution in [0.5, 0.6) is 0 Å². The number of pyridine rings is 1. The Morgan fingerprint density at radius 1 is 1.21 bits per heavy atom. The van der Waals surface area contributed by atoms with Crippen molar-refractivity contribution < 1.29 is 4.42 Å². The van der Waals surface area contributed by atoms with Crippen LogP contribution in [-0.2, 0) is 0 Å². The van der Waals surface area contributed by atoms with E-state index in [2.05, 4.69) is 35.4 Å². The normalized spacial score (nSPS) is 12.5. The van der Waals surface area contributed by atoms with E-state index in [0.717, 1.165) is 28.8 Å². The number of anilines is 1. The Hall–Kier alpha value is -2.29. The smallest absolute Gasteiger partial charge is 0.125 e. The zero-order valence-electron chi connectivity index (χ0n) is 10.8. The van der Waals surface area contributed by atoms with Crippen molar-refractivity contribution in [2.45, 2.75) is 19.4 Å². The molecule has 1 N–H and O–H groups in total. The lowest BCUT2D eigenvalue weighted by Crippen LogP contribution is -2.08. The second kappa shape index (κ2) is 5.14. The number of rotatable bonds is 4. The molecule has 1 unspecified atom stereocenters. The summed E-state index contributed by atoms with van der Waals surface area (Å²) in [5, 5.41) is 4.64. The average Bonchev–Trinajstić information content (AvgIpc) is 2.98. The van der Waals surface area contributed by atoms with Gasteiger partial charge in [0.25, 0.3) is 0 Å². The molecule has 0 bridgehead atoms. The van der Waals surface area contributed by atoms with Crippen LogP contribution < -0.4 is 5.32 Å². The number of nitrogens with zero attached hydrogens (tertiary/aromatic N) is 1. The van der Waals surface area contributed by atoms with Gasteiger partial charge in [0, 0.05) is 17.3 Å². The van der Waals surface area contributed by atoms with Crippen LogP contribution in [0.2, 0.25) is 0 Å². The van der Waals surface area contributed by atoms with Crippen molar-refractivity contribution >= 4 is 16.6 Å². The zero-order valence-corrected chi connectivity index (χ0v) is 10.8. The van der Waals surface area contributed by atoms with E-state index in [-0.39, 0.29) is 6.04 Å². The number of hydrogen-bond donors (Lipinski definition) is 1. The molecule has 2 heterocycles. The number of hydrogen-bond acceptors (Lipinski definition) is 3. The Bertz CT molecular complexity index is 661. The fourth-order valence-electron chi connectivity index (χ4n) is 2.23. The molecule has 0 fully saturated rings. The first kappa shape index (κ1) is 11.8. The molecule has 0 aliphatic heterocycles. The van der Waals surface area contributed by atoms with E-state index in [9.17, 15) is 0 Å². The molecular formula is C16H16N2O. The molecule has 0 radical (unpaired) electrons. The summed E-state index contributed by atoms with van der Waals surface area (Å²) in [4.78, 5) is 4.33. The summed E-state index contributed by atoms with van der Waals surface area (Å²) in [7, 11) is 0. The van der Waals surface area contributed by atoms with Gasteiger partial charge in [-0.25, -0.2) is 0 Å². The maximum absolute atomic E-state index is 5.47. The summed E-state index contributed by atoms with van der Waals surface area (Å²) in [5.41, 5.74) is 2.10. The molecule has 3 aromatic rings. The molecule has 0 spiro atoms. The molecular weight excluding hydrogens is 236 g/mol. The Labute approximate surface area is 112 Å². The SMILES string of the molecule is CCC(Nc1ccc2ncccc2c1)c1ccco1. The van der Waals surface area contributed by atoms with Crippen molar-refractivity contribution in [3.63, 3.8) is 0 Å². The Balaban J connectivity index is 1.88. The Kier molecular flexibility index (Phi) is 3.19. The van der Waals surface area contributed by atoms with E-state index in [0.29, 0.717) is 0 Å². The van der Waals surface area contributed by atoms with Crippen LogP contribution in [0.1, 0.15) is 25.1 Å². The standard InChI is InChI=1S/C16H16N2O/c1-2-14(16-6-4-10-19-16)18-13-7-8-15-12(11-13)5-3-9-17-15/h3-11,14,18H,2H2,1H3. The van der Waals surface area contributed by atoms with Gasteiger partial charge in [0.15, 0.2) is 0 Å². The summed E-state index contributed by atoms with van der Waals surface area (Å²) in [6.45, 7) is 2.14. The van der Waals surface area contributed by atoms with Gasteiger partial charge in [-0.1, -0.05) is 13.0 Å². The minimum atomic E-state index is 0.198. The van der Waals surface area contributed by atoms with Gasteiger partial charge in [-0.05, 0) is 42.8 Å². The molecule has 3 heteroatoms.